The van der Waals surface area contributed by atoms with E-state index in [1.807, 2.05) is 0 Å². The average molecular weight is 357 g/mol. The lowest BCUT2D eigenvalue weighted by molar-refractivity contribution is 0.0697. The Hall–Kier alpha value is -1.60. The largest absolute Gasteiger partial charge is 0.478 e. The van der Waals surface area contributed by atoms with Gasteiger partial charge in [-0.2, -0.15) is 0 Å². The number of likely N-dealkylation sites (tertiary alicyclic amines) is 1. The number of nitrogens with zero attached hydrogens (tertiary/aromatic N) is 1. The summed E-state index contributed by atoms with van der Waals surface area (Å²) in [7, 11) is 0. The van der Waals surface area contributed by atoms with Crippen LogP contribution >= 0.6 is 15.9 Å². The molecule has 0 spiro atoms. The SMILES string of the molecule is O=C(O)c1ccc(Br)c(NC(=O)N2CCCC(CO)C2)c1. The third kappa shape index (κ3) is 3.95. The predicted molar refractivity (Wildman–Crippen MR) is 81.5 cm³/mol. The van der Waals surface area contributed by atoms with Crippen LogP contribution in [0.3, 0.4) is 0 Å². The molecule has 0 saturated carbocycles. The lowest BCUT2D eigenvalue weighted by atomic mass is 9.99. The number of piperidine rings is 1. The summed E-state index contributed by atoms with van der Waals surface area (Å²) in [5.74, 6) is -0.936. The maximum atomic E-state index is 12.2. The molecule has 21 heavy (non-hydrogen) atoms. The molecule has 1 heterocycles. The highest BCUT2D eigenvalue weighted by Gasteiger charge is 2.23. The first-order chi connectivity index (χ1) is 10.0. The Bertz CT molecular complexity index is 550. The zero-order valence-electron chi connectivity index (χ0n) is 11.4. The fourth-order valence-corrected chi connectivity index (χ4v) is 2.69. The molecule has 6 nitrogen and oxygen atoms in total. The van der Waals surface area contributed by atoms with Gasteiger partial charge in [0.15, 0.2) is 0 Å². The van der Waals surface area contributed by atoms with Crippen molar-refractivity contribution in [3.05, 3.63) is 28.2 Å². The van der Waals surface area contributed by atoms with Gasteiger partial charge < -0.3 is 20.4 Å². The summed E-state index contributed by atoms with van der Waals surface area (Å²) in [6.07, 6.45) is 1.77. The highest BCUT2D eigenvalue weighted by Crippen LogP contribution is 2.25. The predicted octanol–water partition coefficient (Wildman–Crippen LogP) is 2.38. The number of aromatic carboxylic acids is 1. The minimum Gasteiger partial charge on any atom is -0.478 e. The number of hydrogen-bond donors (Lipinski definition) is 3. The monoisotopic (exact) mass is 356 g/mol. The van der Waals surface area contributed by atoms with Crippen molar-refractivity contribution in [3.8, 4) is 0 Å². The maximum absolute atomic E-state index is 12.2. The Balaban J connectivity index is 2.08. The van der Waals surface area contributed by atoms with Gasteiger partial charge in [0, 0.05) is 24.2 Å². The second kappa shape index (κ2) is 6.91. The van der Waals surface area contributed by atoms with Crippen LogP contribution in [0.4, 0.5) is 10.5 Å². The van der Waals surface area contributed by atoms with Gasteiger partial charge in [0.2, 0.25) is 0 Å². The van der Waals surface area contributed by atoms with Gasteiger partial charge in [-0.1, -0.05) is 0 Å². The van der Waals surface area contributed by atoms with Crippen LogP contribution in [0.1, 0.15) is 23.2 Å². The quantitative estimate of drug-likeness (QED) is 0.775. The molecule has 114 valence electrons. The van der Waals surface area contributed by atoms with Gasteiger partial charge in [-0.15, -0.1) is 0 Å². The van der Waals surface area contributed by atoms with Crippen LogP contribution < -0.4 is 5.32 Å². The number of carboxylic acids is 1. The fraction of sp³-hybridized carbons (Fsp3) is 0.429. The van der Waals surface area contributed by atoms with Crippen LogP contribution in [0, 0.1) is 5.92 Å². The van der Waals surface area contributed by atoms with E-state index in [2.05, 4.69) is 21.2 Å². The summed E-state index contributed by atoms with van der Waals surface area (Å²) < 4.78 is 0.622. The molecule has 0 bridgehead atoms. The lowest BCUT2D eigenvalue weighted by Crippen LogP contribution is -2.43. The molecule has 7 heteroatoms. The molecule has 3 N–H and O–H groups in total. The number of rotatable bonds is 3. The third-order valence-electron chi connectivity index (χ3n) is 3.52. The Morgan fingerprint density at radius 2 is 2.19 bits per heavy atom. The molecule has 1 atom stereocenters. The van der Waals surface area contributed by atoms with Crippen LogP contribution in [0.15, 0.2) is 22.7 Å². The van der Waals surface area contributed by atoms with Crippen molar-refractivity contribution < 1.29 is 19.8 Å². The topological polar surface area (TPSA) is 89.9 Å². The number of aliphatic hydroxyl groups excluding tert-OH is 1. The zero-order chi connectivity index (χ0) is 15.4. The van der Waals surface area contributed by atoms with Crippen molar-refractivity contribution in [3.63, 3.8) is 0 Å². The molecule has 1 unspecified atom stereocenters. The molecule has 1 fully saturated rings. The molecule has 1 aliphatic heterocycles. The number of benzene rings is 1. The van der Waals surface area contributed by atoms with Crippen molar-refractivity contribution in [1.82, 2.24) is 4.90 Å². The molecule has 0 aromatic heterocycles. The molecule has 2 amide bonds. The van der Waals surface area contributed by atoms with E-state index in [-0.39, 0.29) is 24.1 Å². The van der Waals surface area contributed by atoms with Gasteiger partial charge in [0.25, 0.3) is 0 Å². The van der Waals surface area contributed by atoms with E-state index < -0.39 is 5.97 Å². The van der Waals surface area contributed by atoms with Crippen molar-refractivity contribution in [2.75, 3.05) is 25.0 Å². The molecule has 0 aliphatic carbocycles. The molecule has 2 rings (SSSR count). The molecule has 1 aliphatic rings. The number of carbonyl (C=O) groups excluding carboxylic acids is 1. The van der Waals surface area contributed by atoms with E-state index in [9.17, 15) is 14.7 Å². The van der Waals surface area contributed by atoms with Crippen molar-refractivity contribution in [2.45, 2.75) is 12.8 Å². The summed E-state index contributed by atoms with van der Waals surface area (Å²) >= 11 is 3.29. The number of nitrogens with one attached hydrogen (secondary N) is 1. The number of carbonyl (C=O) groups is 2. The fourth-order valence-electron chi connectivity index (χ4n) is 2.35. The lowest BCUT2D eigenvalue weighted by Gasteiger charge is -2.31. The molecule has 0 radical (unpaired) electrons. The number of urea groups is 1. The first-order valence-corrected chi connectivity index (χ1v) is 7.50. The molecular weight excluding hydrogens is 340 g/mol. The van der Waals surface area contributed by atoms with E-state index in [4.69, 9.17) is 5.11 Å². The van der Waals surface area contributed by atoms with Crippen LogP contribution in [0.2, 0.25) is 0 Å². The first-order valence-electron chi connectivity index (χ1n) is 6.71. The number of hydrogen-bond acceptors (Lipinski definition) is 3. The van der Waals surface area contributed by atoms with E-state index in [1.165, 1.54) is 12.1 Å². The van der Waals surface area contributed by atoms with Gasteiger partial charge in [-0.25, -0.2) is 9.59 Å². The maximum Gasteiger partial charge on any atom is 0.335 e. The number of anilines is 1. The van der Waals surface area contributed by atoms with Gasteiger partial charge >= 0.3 is 12.0 Å². The Labute approximate surface area is 130 Å². The minimum absolute atomic E-state index is 0.0714. The zero-order valence-corrected chi connectivity index (χ0v) is 13.0. The summed E-state index contributed by atoms with van der Waals surface area (Å²) in [6.45, 7) is 1.22. The van der Waals surface area contributed by atoms with Crippen molar-refractivity contribution in [2.24, 2.45) is 5.92 Å². The smallest absolute Gasteiger partial charge is 0.335 e. The molecule has 1 aromatic rings. The van der Waals surface area contributed by atoms with Crippen LogP contribution in [-0.4, -0.2) is 46.8 Å². The van der Waals surface area contributed by atoms with Gasteiger partial charge in [-0.3, -0.25) is 0 Å². The highest BCUT2D eigenvalue weighted by atomic mass is 79.9. The number of carboxylic acid groups (broad SMARTS) is 1. The van der Waals surface area contributed by atoms with Gasteiger partial charge in [0.1, 0.15) is 0 Å². The number of halogens is 1. The van der Waals surface area contributed by atoms with E-state index in [0.29, 0.717) is 23.2 Å². The van der Waals surface area contributed by atoms with E-state index >= 15 is 0 Å². The summed E-state index contributed by atoms with van der Waals surface area (Å²) in [4.78, 5) is 24.8. The van der Waals surface area contributed by atoms with Crippen LogP contribution in [0.25, 0.3) is 0 Å². The van der Waals surface area contributed by atoms with Gasteiger partial charge in [0.05, 0.1) is 11.3 Å². The molecular formula is C14H17BrN2O4. The number of amides is 2. The second-order valence-corrected chi connectivity index (χ2v) is 5.92. The summed E-state index contributed by atoms with van der Waals surface area (Å²) in [5, 5.41) is 20.9. The Kier molecular flexibility index (Phi) is 5.19. The third-order valence-corrected chi connectivity index (χ3v) is 4.21. The minimum atomic E-state index is -1.05. The van der Waals surface area contributed by atoms with Crippen molar-refractivity contribution in [1.29, 1.82) is 0 Å². The second-order valence-electron chi connectivity index (χ2n) is 5.07. The highest BCUT2D eigenvalue weighted by molar-refractivity contribution is 9.10. The van der Waals surface area contributed by atoms with Crippen molar-refractivity contribution >= 4 is 33.6 Å². The van der Waals surface area contributed by atoms with Gasteiger partial charge in [-0.05, 0) is 52.9 Å². The normalized spacial score (nSPS) is 18.4. The standard InChI is InChI=1S/C14H17BrN2O4/c15-11-4-3-10(13(19)20)6-12(11)16-14(21)17-5-1-2-9(7-17)8-18/h3-4,6,9,18H,1-2,5,7-8H2,(H,16,21)(H,19,20). The van der Waals surface area contributed by atoms with Crippen LogP contribution in [-0.2, 0) is 0 Å². The molecule has 1 aromatic carbocycles. The Morgan fingerprint density at radius 1 is 1.43 bits per heavy atom. The molecule has 1 saturated heterocycles. The van der Waals surface area contributed by atoms with Crippen LogP contribution in [0.5, 0.6) is 0 Å². The van der Waals surface area contributed by atoms with E-state index in [0.717, 1.165) is 12.8 Å². The first kappa shape index (κ1) is 15.8. The average Bonchev–Trinajstić information content (AvgIpc) is 2.49. The Morgan fingerprint density at radius 3 is 2.86 bits per heavy atom. The summed E-state index contributed by atoms with van der Waals surface area (Å²) in [6, 6.07) is 4.19. The number of aliphatic hydroxyl groups is 1. The van der Waals surface area contributed by atoms with E-state index in [1.54, 1.807) is 11.0 Å². The summed E-state index contributed by atoms with van der Waals surface area (Å²) in [5.41, 5.74) is 0.534.